The Bertz CT molecular complexity index is 825. The predicted octanol–water partition coefficient (Wildman–Crippen LogP) is 3.11. The quantitative estimate of drug-likeness (QED) is 0.507. The van der Waals surface area contributed by atoms with Crippen LogP contribution in [0.5, 0.6) is 5.75 Å². The second-order valence-corrected chi connectivity index (χ2v) is 6.63. The summed E-state index contributed by atoms with van der Waals surface area (Å²) in [5.74, 6) is -0.365. The van der Waals surface area contributed by atoms with Crippen LogP contribution in [-0.4, -0.2) is 23.5 Å². The lowest BCUT2D eigenvalue weighted by molar-refractivity contribution is 0.0933. The molecule has 0 saturated carbocycles. The number of halogens is 1. The largest absolute Gasteiger partial charge is 0.493 e. The average Bonchev–Trinajstić information content (AvgIpc) is 2.62. The van der Waals surface area contributed by atoms with Gasteiger partial charge in [-0.1, -0.05) is 33.6 Å². The van der Waals surface area contributed by atoms with E-state index in [0.29, 0.717) is 23.5 Å². The molecule has 0 aliphatic heterocycles. The summed E-state index contributed by atoms with van der Waals surface area (Å²) >= 11 is 8.37. The molecule has 2 amide bonds. The predicted molar refractivity (Wildman–Crippen MR) is 107 cm³/mol. The highest BCUT2D eigenvalue weighted by molar-refractivity contribution is 9.10. The zero-order valence-corrected chi connectivity index (χ0v) is 16.7. The molecule has 0 aromatic heterocycles. The van der Waals surface area contributed by atoms with E-state index >= 15 is 0 Å². The highest BCUT2D eigenvalue weighted by atomic mass is 79.9. The number of carbonyl (C=O) groups excluding carboxylic acids is 2. The average molecular weight is 436 g/mol. The van der Waals surface area contributed by atoms with Gasteiger partial charge in [0.2, 0.25) is 0 Å². The minimum Gasteiger partial charge on any atom is -0.493 e. The Labute approximate surface area is 165 Å². The molecule has 26 heavy (non-hydrogen) atoms. The Morgan fingerprint density at radius 1 is 1.08 bits per heavy atom. The van der Waals surface area contributed by atoms with Gasteiger partial charge in [0, 0.05) is 10.0 Å². The first-order chi connectivity index (χ1) is 12.4. The van der Waals surface area contributed by atoms with E-state index in [9.17, 15) is 9.59 Å². The molecule has 0 bridgehead atoms. The van der Waals surface area contributed by atoms with Crippen molar-refractivity contribution in [3.05, 3.63) is 63.6 Å². The standard InChI is InChI=1S/C18H18BrN3O3S/c1-3-25-15-9-8-13(19)10-14(15)17(24)20-18(26)22-21-16(23)12-6-4-11(2)5-7-12/h4-10H,3H2,1-2H3,(H,21,23)(H2,20,22,24,26). The molecule has 0 heterocycles. The van der Waals surface area contributed by atoms with Crippen LogP contribution < -0.4 is 20.9 Å². The number of benzene rings is 2. The number of rotatable bonds is 4. The number of ether oxygens (including phenoxy) is 1. The van der Waals surface area contributed by atoms with Crippen molar-refractivity contribution >= 4 is 45.1 Å². The lowest BCUT2D eigenvalue weighted by Crippen LogP contribution is -2.48. The summed E-state index contributed by atoms with van der Waals surface area (Å²) in [5.41, 5.74) is 6.81. The highest BCUT2D eigenvalue weighted by Gasteiger charge is 2.15. The normalized spacial score (nSPS) is 9.96. The van der Waals surface area contributed by atoms with Gasteiger partial charge in [-0.05, 0) is 56.4 Å². The van der Waals surface area contributed by atoms with Crippen LogP contribution in [0.4, 0.5) is 0 Å². The number of nitrogens with one attached hydrogen (secondary N) is 3. The van der Waals surface area contributed by atoms with Gasteiger partial charge < -0.3 is 4.74 Å². The van der Waals surface area contributed by atoms with Gasteiger partial charge in [-0.2, -0.15) is 0 Å². The van der Waals surface area contributed by atoms with Gasteiger partial charge in [-0.15, -0.1) is 0 Å². The molecule has 0 aliphatic carbocycles. The van der Waals surface area contributed by atoms with Crippen molar-refractivity contribution < 1.29 is 14.3 Å². The summed E-state index contributed by atoms with van der Waals surface area (Å²) in [5, 5.41) is 2.47. The smallest absolute Gasteiger partial charge is 0.269 e. The molecule has 3 N–H and O–H groups in total. The lowest BCUT2D eigenvalue weighted by atomic mass is 10.1. The van der Waals surface area contributed by atoms with Crippen molar-refractivity contribution in [3.63, 3.8) is 0 Å². The number of amides is 2. The van der Waals surface area contributed by atoms with Gasteiger partial charge in [0.15, 0.2) is 5.11 Å². The van der Waals surface area contributed by atoms with Crippen LogP contribution in [0.1, 0.15) is 33.2 Å². The van der Waals surface area contributed by atoms with Crippen LogP contribution in [-0.2, 0) is 0 Å². The molecular formula is C18H18BrN3O3S. The van der Waals surface area contributed by atoms with Gasteiger partial charge >= 0.3 is 0 Å². The minimum atomic E-state index is -0.447. The van der Waals surface area contributed by atoms with Gasteiger partial charge in [-0.3, -0.25) is 25.8 Å². The van der Waals surface area contributed by atoms with Crippen LogP contribution in [0.15, 0.2) is 46.9 Å². The summed E-state index contributed by atoms with van der Waals surface area (Å²) in [6.07, 6.45) is 0. The number of aryl methyl sites for hydroxylation is 1. The van der Waals surface area contributed by atoms with E-state index in [-0.39, 0.29) is 11.0 Å². The molecular weight excluding hydrogens is 418 g/mol. The Hall–Kier alpha value is -2.45. The molecule has 0 atom stereocenters. The maximum Gasteiger partial charge on any atom is 0.269 e. The molecule has 0 saturated heterocycles. The number of hydrazine groups is 1. The Kier molecular flexibility index (Phi) is 7.11. The van der Waals surface area contributed by atoms with E-state index in [1.807, 2.05) is 26.0 Å². The number of hydrogen-bond donors (Lipinski definition) is 3. The van der Waals surface area contributed by atoms with Gasteiger partial charge in [0.05, 0.1) is 12.2 Å². The summed E-state index contributed by atoms with van der Waals surface area (Å²) in [7, 11) is 0. The number of carbonyl (C=O) groups is 2. The summed E-state index contributed by atoms with van der Waals surface area (Å²) in [4.78, 5) is 24.4. The maximum atomic E-state index is 12.4. The van der Waals surface area contributed by atoms with Crippen molar-refractivity contribution in [1.29, 1.82) is 0 Å². The first-order valence-electron chi connectivity index (χ1n) is 7.81. The molecule has 2 aromatic rings. The number of thiocarbonyl (C=S) groups is 1. The summed E-state index contributed by atoms with van der Waals surface area (Å²) in [6.45, 7) is 4.19. The topological polar surface area (TPSA) is 79.5 Å². The van der Waals surface area contributed by atoms with E-state index in [0.717, 1.165) is 10.0 Å². The SMILES string of the molecule is CCOc1ccc(Br)cc1C(=O)NC(=S)NNC(=O)c1ccc(C)cc1. The van der Waals surface area contributed by atoms with Crippen LogP contribution in [0.2, 0.25) is 0 Å². The van der Waals surface area contributed by atoms with E-state index in [4.69, 9.17) is 17.0 Å². The second kappa shape index (κ2) is 9.30. The Morgan fingerprint density at radius 3 is 2.42 bits per heavy atom. The molecule has 0 radical (unpaired) electrons. The van der Waals surface area contributed by atoms with Crippen LogP contribution in [0.25, 0.3) is 0 Å². The third-order valence-electron chi connectivity index (χ3n) is 3.32. The molecule has 0 aliphatic rings. The van der Waals surface area contributed by atoms with Crippen molar-refractivity contribution in [2.45, 2.75) is 13.8 Å². The monoisotopic (exact) mass is 435 g/mol. The first-order valence-corrected chi connectivity index (χ1v) is 9.01. The highest BCUT2D eigenvalue weighted by Crippen LogP contribution is 2.23. The maximum absolute atomic E-state index is 12.4. The fourth-order valence-corrected chi connectivity index (χ4v) is 2.56. The van der Waals surface area contributed by atoms with Crippen molar-refractivity contribution in [2.24, 2.45) is 0 Å². The molecule has 0 unspecified atom stereocenters. The van der Waals surface area contributed by atoms with Gasteiger partial charge in [0.25, 0.3) is 11.8 Å². The molecule has 6 nitrogen and oxygen atoms in total. The third-order valence-corrected chi connectivity index (χ3v) is 4.01. The van der Waals surface area contributed by atoms with Crippen LogP contribution in [0.3, 0.4) is 0 Å². The fourth-order valence-electron chi connectivity index (χ4n) is 2.05. The Balaban J connectivity index is 1.95. The fraction of sp³-hybridized carbons (Fsp3) is 0.167. The van der Waals surface area contributed by atoms with E-state index < -0.39 is 5.91 Å². The second-order valence-electron chi connectivity index (χ2n) is 5.30. The summed E-state index contributed by atoms with van der Waals surface area (Å²) < 4.78 is 6.18. The zero-order valence-electron chi connectivity index (χ0n) is 14.3. The molecule has 136 valence electrons. The van der Waals surface area contributed by atoms with Crippen LogP contribution >= 0.6 is 28.1 Å². The van der Waals surface area contributed by atoms with E-state index in [1.165, 1.54) is 0 Å². The molecule has 0 spiro atoms. The van der Waals surface area contributed by atoms with Crippen molar-refractivity contribution in [1.82, 2.24) is 16.2 Å². The summed E-state index contributed by atoms with van der Waals surface area (Å²) in [6, 6.07) is 12.2. The zero-order chi connectivity index (χ0) is 19.1. The third kappa shape index (κ3) is 5.53. The van der Waals surface area contributed by atoms with E-state index in [1.54, 1.807) is 30.3 Å². The lowest BCUT2D eigenvalue weighted by Gasteiger charge is -2.13. The van der Waals surface area contributed by atoms with Gasteiger partial charge in [0.1, 0.15) is 5.75 Å². The van der Waals surface area contributed by atoms with E-state index in [2.05, 4.69) is 32.1 Å². The molecule has 8 heteroatoms. The minimum absolute atomic E-state index is 0.0297. The van der Waals surface area contributed by atoms with Gasteiger partial charge in [-0.25, -0.2) is 0 Å². The molecule has 0 fully saturated rings. The van der Waals surface area contributed by atoms with Crippen molar-refractivity contribution in [2.75, 3.05) is 6.61 Å². The van der Waals surface area contributed by atoms with Crippen LogP contribution in [0, 0.1) is 6.92 Å². The molecule has 2 rings (SSSR count). The Morgan fingerprint density at radius 2 is 1.77 bits per heavy atom. The number of hydrogen-bond acceptors (Lipinski definition) is 4. The van der Waals surface area contributed by atoms with Crippen molar-refractivity contribution in [3.8, 4) is 5.75 Å². The molecule has 2 aromatic carbocycles. The first kappa shape index (κ1) is 19.9.